The number of hydrogen-bond donors (Lipinski definition) is 1. The highest BCUT2D eigenvalue weighted by Gasteiger charge is 2.34. The SMILES string of the molecule is CCC1CCC(C#N)(CO)CC1. The lowest BCUT2D eigenvalue weighted by molar-refractivity contribution is 0.112. The first-order valence-corrected chi connectivity index (χ1v) is 4.78. The van der Waals surface area contributed by atoms with E-state index >= 15 is 0 Å². The van der Waals surface area contributed by atoms with Gasteiger partial charge in [0.2, 0.25) is 0 Å². The van der Waals surface area contributed by atoms with Crippen LogP contribution in [-0.2, 0) is 0 Å². The van der Waals surface area contributed by atoms with Gasteiger partial charge in [-0.25, -0.2) is 0 Å². The van der Waals surface area contributed by atoms with Gasteiger partial charge in [-0.1, -0.05) is 13.3 Å². The molecule has 0 aromatic heterocycles. The van der Waals surface area contributed by atoms with Crippen molar-refractivity contribution < 1.29 is 5.11 Å². The number of aliphatic hydroxyl groups excluding tert-OH is 1. The third-order valence-corrected chi connectivity index (χ3v) is 3.18. The lowest BCUT2D eigenvalue weighted by Gasteiger charge is -2.32. The van der Waals surface area contributed by atoms with Crippen LogP contribution in [0.3, 0.4) is 0 Å². The summed E-state index contributed by atoms with van der Waals surface area (Å²) in [5.74, 6) is 0.790. The third kappa shape index (κ3) is 1.78. The Morgan fingerprint density at radius 3 is 2.42 bits per heavy atom. The Morgan fingerprint density at radius 1 is 1.50 bits per heavy atom. The van der Waals surface area contributed by atoms with Crippen LogP contribution in [0.4, 0.5) is 0 Å². The van der Waals surface area contributed by atoms with Crippen LogP contribution in [0.2, 0.25) is 0 Å². The Kier molecular flexibility index (Phi) is 3.11. The summed E-state index contributed by atoms with van der Waals surface area (Å²) in [6, 6.07) is 2.26. The predicted octanol–water partition coefficient (Wildman–Crippen LogP) is 2.09. The van der Waals surface area contributed by atoms with Crippen LogP contribution in [0, 0.1) is 22.7 Å². The average molecular weight is 167 g/mol. The summed E-state index contributed by atoms with van der Waals surface area (Å²) in [4.78, 5) is 0. The van der Waals surface area contributed by atoms with Gasteiger partial charge in [0.25, 0.3) is 0 Å². The first kappa shape index (κ1) is 9.54. The molecule has 0 aromatic carbocycles. The van der Waals surface area contributed by atoms with E-state index in [0.29, 0.717) is 0 Å². The molecule has 1 N–H and O–H groups in total. The maximum Gasteiger partial charge on any atom is 0.0804 e. The summed E-state index contributed by atoms with van der Waals surface area (Å²) in [7, 11) is 0. The standard InChI is InChI=1S/C10H17NO/c1-2-9-3-5-10(7-11,8-12)6-4-9/h9,12H,2-6,8H2,1H3. The van der Waals surface area contributed by atoms with Gasteiger partial charge in [-0.3, -0.25) is 0 Å². The maximum atomic E-state index is 9.08. The number of aliphatic hydroxyl groups is 1. The maximum absolute atomic E-state index is 9.08. The molecule has 0 unspecified atom stereocenters. The zero-order valence-corrected chi connectivity index (χ0v) is 7.71. The molecule has 0 atom stereocenters. The number of nitriles is 1. The highest BCUT2D eigenvalue weighted by atomic mass is 16.3. The number of hydrogen-bond acceptors (Lipinski definition) is 2. The van der Waals surface area contributed by atoms with Gasteiger partial charge in [0.1, 0.15) is 0 Å². The molecular formula is C10H17NO. The molecule has 12 heavy (non-hydrogen) atoms. The van der Waals surface area contributed by atoms with Crippen LogP contribution in [0.5, 0.6) is 0 Å². The summed E-state index contributed by atoms with van der Waals surface area (Å²) in [5.41, 5.74) is -0.397. The highest BCUT2D eigenvalue weighted by molar-refractivity contribution is 5.01. The first-order chi connectivity index (χ1) is 5.76. The summed E-state index contributed by atoms with van der Waals surface area (Å²) in [6.45, 7) is 2.24. The van der Waals surface area contributed by atoms with Crippen LogP contribution >= 0.6 is 0 Å². The van der Waals surface area contributed by atoms with Crippen molar-refractivity contribution in [3.63, 3.8) is 0 Å². The molecule has 1 rings (SSSR count). The molecule has 0 aromatic rings. The molecule has 0 aliphatic heterocycles. The Bertz CT molecular complexity index is 175. The van der Waals surface area contributed by atoms with E-state index in [-0.39, 0.29) is 6.61 Å². The van der Waals surface area contributed by atoms with E-state index in [0.717, 1.165) is 31.6 Å². The van der Waals surface area contributed by atoms with Crippen LogP contribution in [0.1, 0.15) is 39.0 Å². The molecule has 0 radical (unpaired) electrons. The molecule has 2 nitrogen and oxygen atoms in total. The van der Waals surface area contributed by atoms with E-state index in [2.05, 4.69) is 13.0 Å². The lowest BCUT2D eigenvalue weighted by atomic mass is 9.71. The molecule has 0 spiro atoms. The van der Waals surface area contributed by atoms with Crippen molar-refractivity contribution in [2.24, 2.45) is 11.3 Å². The van der Waals surface area contributed by atoms with Crippen LogP contribution < -0.4 is 0 Å². The van der Waals surface area contributed by atoms with Crippen molar-refractivity contribution in [1.29, 1.82) is 5.26 Å². The fourth-order valence-electron chi connectivity index (χ4n) is 1.94. The second-order valence-corrected chi connectivity index (χ2v) is 3.90. The van der Waals surface area contributed by atoms with Gasteiger partial charge in [0, 0.05) is 0 Å². The predicted molar refractivity (Wildman–Crippen MR) is 47.4 cm³/mol. The summed E-state index contributed by atoms with van der Waals surface area (Å²) >= 11 is 0. The Balaban J connectivity index is 2.49. The van der Waals surface area contributed by atoms with Crippen LogP contribution in [-0.4, -0.2) is 11.7 Å². The average Bonchev–Trinajstić information content (AvgIpc) is 2.18. The molecule has 2 heteroatoms. The molecule has 0 amide bonds. The minimum absolute atomic E-state index is 0.0416. The lowest BCUT2D eigenvalue weighted by Crippen LogP contribution is -2.29. The van der Waals surface area contributed by atoms with E-state index in [4.69, 9.17) is 10.4 Å². The summed E-state index contributed by atoms with van der Waals surface area (Å²) in [6.07, 6.45) is 5.22. The normalized spacial score (nSPS) is 35.9. The van der Waals surface area contributed by atoms with Gasteiger partial charge in [-0.15, -0.1) is 0 Å². The Morgan fingerprint density at radius 2 is 2.08 bits per heavy atom. The number of rotatable bonds is 2. The second-order valence-electron chi connectivity index (χ2n) is 3.90. The number of nitrogens with zero attached hydrogens (tertiary/aromatic N) is 1. The zero-order valence-electron chi connectivity index (χ0n) is 7.71. The Hall–Kier alpha value is -0.550. The van der Waals surface area contributed by atoms with Gasteiger partial charge in [-0.2, -0.15) is 5.26 Å². The van der Waals surface area contributed by atoms with Crippen molar-refractivity contribution in [3.8, 4) is 6.07 Å². The highest BCUT2D eigenvalue weighted by Crippen LogP contribution is 2.38. The van der Waals surface area contributed by atoms with Crippen LogP contribution in [0.15, 0.2) is 0 Å². The van der Waals surface area contributed by atoms with E-state index in [9.17, 15) is 0 Å². The van der Waals surface area contributed by atoms with Crippen molar-refractivity contribution in [1.82, 2.24) is 0 Å². The zero-order chi connectivity index (χ0) is 9.03. The largest absolute Gasteiger partial charge is 0.395 e. The van der Waals surface area contributed by atoms with Crippen molar-refractivity contribution in [2.75, 3.05) is 6.61 Å². The second kappa shape index (κ2) is 3.91. The minimum Gasteiger partial charge on any atom is -0.395 e. The fourth-order valence-corrected chi connectivity index (χ4v) is 1.94. The van der Waals surface area contributed by atoms with Crippen LogP contribution in [0.25, 0.3) is 0 Å². The van der Waals surface area contributed by atoms with E-state index < -0.39 is 5.41 Å². The van der Waals surface area contributed by atoms with Crippen molar-refractivity contribution >= 4 is 0 Å². The first-order valence-electron chi connectivity index (χ1n) is 4.78. The molecule has 0 heterocycles. The summed E-state index contributed by atoms with van der Waals surface area (Å²) < 4.78 is 0. The van der Waals surface area contributed by atoms with Crippen molar-refractivity contribution in [2.45, 2.75) is 39.0 Å². The summed E-state index contributed by atoms with van der Waals surface area (Å²) in [5, 5.41) is 18.0. The monoisotopic (exact) mass is 167 g/mol. The van der Waals surface area contributed by atoms with Gasteiger partial charge in [0.05, 0.1) is 18.1 Å². The van der Waals surface area contributed by atoms with Gasteiger partial charge in [0.15, 0.2) is 0 Å². The van der Waals surface area contributed by atoms with Gasteiger partial charge in [-0.05, 0) is 31.6 Å². The minimum atomic E-state index is -0.397. The molecule has 1 aliphatic rings. The molecule has 0 saturated heterocycles. The molecule has 0 bridgehead atoms. The third-order valence-electron chi connectivity index (χ3n) is 3.18. The molecule has 1 fully saturated rings. The molecule has 68 valence electrons. The van der Waals surface area contributed by atoms with E-state index in [1.54, 1.807) is 0 Å². The quantitative estimate of drug-likeness (QED) is 0.684. The van der Waals surface area contributed by atoms with E-state index in [1.165, 1.54) is 6.42 Å². The topological polar surface area (TPSA) is 44.0 Å². The van der Waals surface area contributed by atoms with Gasteiger partial charge >= 0.3 is 0 Å². The van der Waals surface area contributed by atoms with Gasteiger partial charge < -0.3 is 5.11 Å². The Labute approximate surface area is 74.2 Å². The van der Waals surface area contributed by atoms with Crippen molar-refractivity contribution in [3.05, 3.63) is 0 Å². The molecule has 1 saturated carbocycles. The van der Waals surface area contributed by atoms with E-state index in [1.807, 2.05) is 0 Å². The smallest absolute Gasteiger partial charge is 0.0804 e. The fraction of sp³-hybridized carbons (Fsp3) is 0.900. The molecule has 1 aliphatic carbocycles. The molecular weight excluding hydrogens is 150 g/mol.